The van der Waals surface area contributed by atoms with Crippen molar-refractivity contribution < 1.29 is 182 Å². The van der Waals surface area contributed by atoms with E-state index in [0.717, 1.165) is 0 Å². The van der Waals surface area contributed by atoms with E-state index < -0.39 is 266 Å². The maximum Gasteiger partial charge on any atom is 0.187 e. The van der Waals surface area contributed by atoms with E-state index in [9.17, 15) is 96.7 Å². The first-order valence-electron chi connectivity index (χ1n) is 27.7. The molecule has 0 aliphatic carbocycles. The summed E-state index contributed by atoms with van der Waals surface area (Å²) in [6.07, 6.45) is -62.1. The number of fused-ring (bicyclic) bond motifs is 8. The van der Waals surface area contributed by atoms with E-state index >= 15 is 0 Å². The van der Waals surface area contributed by atoms with Crippen LogP contribution in [0.25, 0.3) is 0 Å². The quantitative estimate of drug-likeness (QED) is 0.0448. The van der Waals surface area contributed by atoms with Crippen LogP contribution in [0, 0.1) is 0 Å². The molecule has 0 aromatic rings. The van der Waals surface area contributed by atoms with Crippen LogP contribution in [-0.2, 0) is 90.1 Å². The second kappa shape index (κ2) is 26.8. The third-order valence-electron chi connectivity index (χ3n) is 17.2. The van der Waals surface area contributed by atoms with Crippen molar-refractivity contribution in [2.24, 2.45) is 0 Å². The summed E-state index contributed by atoms with van der Waals surface area (Å²) in [5, 5.41) is 194. The number of hydrogen-bond donors (Lipinski definition) is 18. The Kier molecular flexibility index (Phi) is 20.4. The Morgan fingerprint density at radius 1 is 0.365 bits per heavy atom. The molecule has 488 valence electrons. The number of hydrogen-bond acceptors (Lipinski definition) is 37. The van der Waals surface area contributed by atoms with Gasteiger partial charge in [-0.15, -0.1) is 0 Å². The Labute approximate surface area is 479 Å². The Hall–Kier alpha value is -1.77. The molecule has 0 aromatic carbocycles. The van der Waals surface area contributed by atoms with Gasteiger partial charge in [-0.2, -0.15) is 0 Å². The van der Waals surface area contributed by atoms with E-state index in [1.165, 1.54) is 0 Å². The van der Waals surface area contributed by atoms with Gasteiger partial charge in [-0.1, -0.05) is 0 Å². The van der Waals surface area contributed by atoms with Gasteiger partial charge in [0.2, 0.25) is 0 Å². The van der Waals surface area contributed by atoms with E-state index in [-0.39, 0.29) is 32.7 Å². The molecule has 0 radical (unpaired) electrons. The average molecular weight is 1240 g/mol. The lowest BCUT2D eigenvalue weighted by atomic mass is 9.96. The fourth-order valence-electron chi connectivity index (χ4n) is 12.5. The van der Waals surface area contributed by atoms with Crippen molar-refractivity contribution >= 4 is 6.29 Å². The van der Waals surface area contributed by atoms with Crippen molar-refractivity contribution in [2.45, 2.75) is 239 Å². The van der Waals surface area contributed by atoms with E-state index in [1.54, 1.807) is 0 Å². The first kappa shape index (κ1) is 64.7. The molecule has 11 heterocycles. The van der Waals surface area contributed by atoms with Gasteiger partial charge in [0.1, 0.15) is 195 Å². The molecule has 11 aliphatic rings. The molecular formula is C48H74O37. The van der Waals surface area contributed by atoms with Gasteiger partial charge in [0, 0.05) is 0 Å². The predicted octanol–water partition coefficient (Wildman–Crippen LogP) is -14.4. The maximum absolute atomic E-state index is 11.7. The molecule has 11 aliphatic heterocycles. The maximum atomic E-state index is 11.7. The van der Waals surface area contributed by atoms with E-state index in [1.807, 2.05) is 0 Å². The topological polar surface area (TPSA) is 547 Å². The summed E-state index contributed by atoms with van der Waals surface area (Å²) in [5.74, 6) is 0. The standard InChI is InChI=1S/C48H74O37/c49-1-10(54)19(56)31(11(55)2-50)79-46-28(65)39-32(16(76-46)7-69-39)80-44-26(63)37(21(58)13(4-52)73-44)84-48-30(67)41-34(18(78-48)9-71-41)82-45-27(64)38(22(59)14(5-53)74-45)85-47-29(66)40-33(17(77-47)8-70-40)81-43-25(62)36(20(57)12(3-51)72-43)83-42-24(61)35-23(60)15(75-42)6-68-35/h2,10-49,51-67H,1,3-9H2/t10-,11+,12-,13-,14-,15+,16+,17+,18+,19+,20+,21+,22+,23?,24+,25-,26-,27-,28+,29+,30+,31-,32?,33?,34?,35-,36+,37+,38+,39+,40+,41+,42+,43+,44+,45+,46+,47+,48+/m1/s1. The Morgan fingerprint density at radius 2 is 0.671 bits per heavy atom. The number of rotatable bonds is 22. The van der Waals surface area contributed by atoms with Gasteiger partial charge in [0.15, 0.2) is 50.3 Å². The molecule has 4 unspecified atom stereocenters. The summed E-state index contributed by atoms with van der Waals surface area (Å²) in [4.78, 5) is 11.4. The number of carbonyl (C=O) groups excluding carboxylic acids is 1. The molecule has 85 heavy (non-hydrogen) atoms. The number of carbonyl (C=O) groups is 1. The largest absolute Gasteiger partial charge is 0.394 e. The normalized spacial score (nSPS) is 53.6. The average Bonchev–Trinajstić information content (AvgIpc) is 3.34. The van der Waals surface area contributed by atoms with Crippen LogP contribution in [0.1, 0.15) is 0 Å². The fraction of sp³-hybridized carbons (Fsp3) is 0.979. The van der Waals surface area contributed by atoms with Crippen LogP contribution in [-0.4, -0.2) is 390 Å². The second-order valence-corrected chi connectivity index (χ2v) is 22.5. The summed E-state index contributed by atoms with van der Waals surface area (Å²) >= 11 is 0. The van der Waals surface area contributed by atoms with Crippen molar-refractivity contribution in [1.82, 2.24) is 0 Å². The van der Waals surface area contributed by atoms with Gasteiger partial charge in [-0.3, -0.25) is 0 Å². The molecule has 0 spiro atoms. The zero-order chi connectivity index (χ0) is 60.6. The predicted molar refractivity (Wildman–Crippen MR) is 252 cm³/mol. The first-order valence-corrected chi connectivity index (χ1v) is 27.7. The molecule has 0 saturated carbocycles. The summed E-state index contributed by atoms with van der Waals surface area (Å²) in [6, 6.07) is 0. The van der Waals surface area contributed by atoms with Crippen LogP contribution < -0.4 is 0 Å². The van der Waals surface area contributed by atoms with Crippen molar-refractivity contribution in [1.29, 1.82) is 0 Å². The summed E-state index contributed by atoms with van der Waals surface area (Å²) in [5.41, 5.74) is 0. The van der Waals surface area contributed by atoms with Crippen LogP contribution in [0.4, 0.5) is 0 Å². The van der Waals surface area contributed by atoms with Gasteiger partial charge in [-0.25, -0.2) is 0 Å². The molecule has 37 nitrogen and oxygen atoms in total. The minimum atomic E-state index is -2.06. The third kappa shape index (κ3) is 12.2. The zero-order valence-electron chi connectivity index (χ0n) is 44.6. The smallest absolute Gasteiger partial charge is 0.187 e. The zero-order valence-corrected chi connectivity index (χ0v) is 44.6. The van der Waals surface area contributed by atoms with E-state index in [4.69, 9.17) is 85.3 Å². The SMILES string of the molecule is O=C[C@H](O)[C@@H](O[C@@H]1O[C@H]2CO[C@H](C2O[C@@H]2O[C@H](CO)[C@H](O)[C@H](O[C@@H]3O[C@H]4CO[C@H](C4O[C@@H]4O[C@H](CO)[C@H](O)[C@H](O[C@@H]5O[C@H]6CO[C@H](C6O[C@@H]6O[C@H](CO)[C@H](O)[C@H](O[C@@H]7O[C@H]8CO[C@H](C8O)[C@@H]7O)[C@H]6O)[C@@H]5O)[C@H]4O)[C@@H]3O)[C@H]2O)[C@@H]1O)[C@@H](O)[C@H](O)CO. The highest BCUT2D eigenvalue weighted by atomic mass is 16.8. The Balaban J connectivity index is 0.702. The summed E-state index contributed by atoms with van der Waals surface area (Å²) in [6.45, 7) is -4.42. The number of ether oxygens (including phenoxy) is 18. The second-order valence-electron chi connectivity index (χ2n) is 22.5. The van der Waals surface area contributed by atoms with Gasteiger partial charge in [-0.05, 0) is 0 Å². The van der Waals surface area contributed by atoms with Crippen LogP contribution in [0.5, 0.6) is 0 Å². The monoisotopic (exact) mass is 1240 g/mol. The van der Waals surface area contributed by atoms with Crippen LogP contribution in [0.2, 0.25) is 0 Å². The molecule has 0 amide bonds. The Morgan fingerprint density at radius 3 is 1.04 bits per heavy atom. The summed E-state index contributed by atoms with van der Waals surface area (Å²) < 4.78 is 105. The minimum absolute atomic E-state index is 0.0168. The Bertz CT molecular complexity index is 2180. The molecule has 0 aromatic heterocycles. The molecule has 11 rings (SSSR count). The van der Waals surface area contributed by atoms with Crippen molar-refractivity contribution in [3.63, 3.8) is 0 Å². The van der Waals surface area contributed by atoms with Crippen molar-refractivity contribution in [3.8, 4) is 0 Å². The van der Waals surface area contributed by atoms with Crippen LogP contribution >= 0.6 is 0 Å². The van der Waals surface area contributed by atoms with Crippen LogP contribution in [0.15, 0.2) is 0 Å². The first-order chi connectivity index (χ1) is 40.7. The molecule has 8 bridgehead atoms. The third-order valence-corrected chi connectivity index (χ3v) is 17.2. The molecule has 11 saturated heterocycles. The fourth-order valence-corrected chi connectivity index (χ4v) is 12.5. The molecule has 11 fully saturated rings. The highest BCUT2D eigenvalue weighted by Gasteiger charge is 2.62. The van der Waals surface area contributed by atoms with Crippen LogP contribution in [0.3, 0.4) is 0 Å². The summed E-state index contributed by atoms with van der Waals surface area (Å²) in [7, 11) is 0. The molecular weight excluding hydrogens is 1170 g/mol. The van der Waals surface area contributed by atoms with Crippen molar-refractivity contribution in [3.05, 3.63) is 0 Å². The molecule has 39 atom stereocenters. The highest BCUT2D eigenvalue weighted by molar-refractivity contribution is 5.56. The van der Waals surface area contributed by atoms with E-state index in [0.29, 0.717) is 0 Å². The lowest BCUT2D eigenvalue weighted by Gasteiger charge is -2.48. The lowest BCUT2D eigenvalue weighted by molar-refractivity contribution is -0.383. The number of aliphatic hydroxyl groups excluding tert-OH is 18. The highest BCUT2D eigenvalue weighted by Crippen LogP contribution is 2.42. The molecule has 18 N–H and O–H groups in total. The number of aldehydes is 1. The van der Waals surface area contributed by atoms with Gasteiger partial charge in [0.05, 0.1) is 52.9 Å². The van der Waals surface area contributed by atoms with Gasteiger partial charge >= 0.3 is 0 Å². The molecule has 37 heteroatoms. The lowest BCUT2D eigenvalue weighted by Crippen LogP contribution is -2.66. The number of aliphatic hydroxyl groups is 18. The van der Waals surface area contributed by atoms with Gasteiger partial charge in [0.25, 0.3) is 0 Å². The van der Waals surface area contributed by atoms with Crippen molar-refractivity contribution in [2.75, 3.05) is 52.9 Å². The minimum Gasteiger partial charge on any atom is -0.394 e. The van der Waals surface area contributed by atoms with E-state index in [2.05, 4.69) is 0 Å². The van der Waals surface area contributed by atoms with Gasteiger partial charge < -0.3 is 182 Å².